The number of amides is 2. The number of carbonyl (C=O) groups excluding carboxylic acids is 2. The van der Waals surface area contributed by atoms with E-state index in [-0.39, 0.29) is 18.4 Å². The number of hydrogen-bond acceptors (Lipinski definition) is 7. The number of pyridine rings is 1. The molecule has 178 valence electrons. The first kappa shape index (κ1) is 22.9. The minimum absolute atomic E-state index is 0.0311. The van der Waals surface area contributed by atoms with Crippen LogP contribution in [-0.4, -0.2) is 64.3 Å². The van der Waals surface area contributed by atoms with Crippen LogP contribution in [0, 0.1) is 0 Å². The van der Waals surface area contributed by atoms with E-state index in [9.17, 15) is 9.59 Å². The van der Waals surface area contributed by atoms with Crippen LogP contribution >= 0.6 is 11.3 Å². The second-order valence-electron chi connectivity index (χ2n) is 8.35. The molecule has 0 aliphatic heterocycles. The smallest absolute Gasteiger partial charge is 0.253 e. The van der Waals surface area contributed by atoms with Gasteiger partial charge in [-0.2, -0.15) is 5.10 Å². The number of hydrogen-bond donors (Lipinski definition) is 1. The van der Waals surface area contributed by atoms with E-state index in [1.54, 1.807) is 25.2 Å². The predicted molar refractivity (Wildman–Crippen MR) is 134 cm³/mol. The maximum absolute atomic E-state index is 12.4. The van der Waals surface area contributed by atoms with E-state index in [4.69, 9.17) is 9.84 Å². The summed E-state index contributed by atoms with van der Waals surface area (Å²) >= 11 is 1.43. The van der Waals surface area contributed by atoms with Crippen molar-refractivity contribution in [3.05, 3.63) is 65.6 Å². The molecule has 3 aromatic heterocycles. The van der Waals surface area contributed by atoms with E-state index < -0.39 is 0 Å². The van der Waals surface area contributed by atoms with Gasteiger partial charge in [0.2, 0.25) is 0 Å². The van der Waals surface area contributed by atoms with Gasteiger partial charge < -0.3 is 9.64 Å². The first-order valence-electron chi connectivity index (χ1n) is 11.1. The highest BCUT2D eigenvalue weighted by molar-refractivity contribution is 7.19. The maximum atomic E-state index is 12.4. The van der Waals surface area contributed by atoms with Crippen LogP contribution in [-0.2, 0) is 22.4 Å². The van der Waals surface area contributed by atoms with Crippen molar-refractivity contribution >= 4 is 28.3 Å². The Labute approximate surface area is 206 Å². The van der Waals surface area contributed by atoms with Crippen LogP contribution < -0.4 is 5.32 Å². The molecule has 0 bridgehead atoms. The molecule has 9 nitrogen and oxygen atoms in total. The predicted octanol–water partition coefficient (Wildman–Crippen LogP) is 3.44. The number of methoxy groups -OCH3 is 1. The van der Waals surface area contributed by atoms with Crippen molar-refractivity contribution in [3.8, 4) is 27.5 Å². The van der Waals surface area contributed by atoms with Crippen molar-refractivity contribution in [1.29, 1.82) is 0 Å². The van der Waals surface area contributed by atoms with Crippen LogP contribution in [0.2, 0.25) is 0 Å². The van der Waals surface area contributed by atoms with Gasteiger partial charge in [-0.05, 0) is 49.2 Å². The molecular weight excluding hydrogens is 464 g/mol. The Morgan fingerprint density at radius 1 is 1.17 bits per heavy atom. The topological polar surface area (TPSA) is 102 Å². The summed E-state index contributed by atoms with van der Waals surface area (Å²) in [5.41, 5.74) is 6.22. The molecule has 0 spiro atoms. The first-order chi connectivity index (χ1) is 17.0. The van der Waals surface area contributed by atoms with Gasteiger partial charge >= 0.3 is 0 Å². The zero-order chi connectivity index (χ0) is 24.5. The third-order valence-electron chi connectivity index (χ3n) is 5.73. The Morgan fingerprint density at radius 2 is 1.97 bits per heavy atom. The van der Waals surface area contributed by atoms with Gasteiger partial charge in [-0.25, -0.2) is 9.67 Å². The lowest BCUT2D eigenvalue weighted by Crippen LogP contribution is -2.21. The van der Waals surface area contributed by atoms with Crippen molar-refractivity contribution in [2.75, 3.05) is 33.1 Å². The minimum Gasteiger partial charge on any atom is -0.375 e. The number of ether oxygens (including phenoxy) is 1. The lowest BCUT2D eigenvalue weighted by atomic mass is 9.95. The number of benzene rings is 1. The summed E-state index contributed by atoms with van der Waals surface area (Å²) in [4.78, 5) is 35.9. The van der Waals surface area contributed by atoms with Crippen LogP contribution in [0.5, 0.6) is 0 Å². The molecule has 2 amide bonds. The number of rotatable bonds is 6. The average molecular weight is 489 g/mol. The molecular formula is C25H24N6O3S. The molecule has 0 saturated carbocycles. The van der Waals surface area contributed by atoms with E-state index in [0.717, 1.165) is 51.6 Å². The van der Waals surface area contributed by atoms with Crippen molar-refractivity contribution in [1.82, 2.24) is 24.6 Å². The lowest BCUT2D eigenvalue weighted by molar-refractivity contribution is -0.119. The zero-order valence-corrected chi connectivity index (χ0v) is 20.4. The van der Waals surface area contributed by atoms with E-state index in [2.05, 4.69) is 15.3 Å². The summed E-state index contributed by atoms with van der Waals surface area (Å²) in [6, 6.07) is 11.3. The molecule has 4 aromatic rings. The van der Waals surface area contributed by atoms with Crippen LogP contribution in [0.4, 0.5) is 5.13 Å². The monoisotopic (exact) mass is 488 g/mol. The highest BCUT2D eigenvalue weighted by Crippen LogP contribution is 2.44. The number of thiazole rings is 1. The third kappa shape index (κ3) is 4.33. The molecule has 3 heterocycles. The summed E-state index contributed by atoms with van der Waals surface area (Å²) in [7, 11) is 4.94. The second-order valence-corrected chi connectivity index (χ2v) is 9.35. The normalized spacial score (nSPS) is 12.1. The highest BCUT2D eigenvalue weighted by atomic mass is 32.1. The van der Waals surface area contributed by atoms with Gasteiger partial charge in [-0.15, -0.1) is 0 Å². The van der Waals surface area contributed by atoms with Crippen LogP contribution in [0.3, 0.4) is 0 Å². The number of aryl methyl sites for hydroxylation is 1. The second kappa shape index (κ2) is 9.40. The fraction of sp³-hybridized carbons (Fsp3) is 0.240. The first-order valence-corrected chi connectivity index (χ1v) is 11.9. The van der Waals surface area contributed by atoms with Crippen LogP contribution in [0.25, 0.3) is 27.5 Å². The van der Waals surface area contributed by atoms with Crippen molar-refractivity contribution in [3.63, 3.8) is 0 Å². The molecule has 0 fully saturated rings. The highest BCUT2D eigenvalue weighted by Gasteiger charge is 2.30. The fourth-order valence-electron chi connectivity index (χ4n) is 4.13. The molecule has 5 rings (SSSR count). The van der Waals surface area contributed by atoms with Gasteiger partial charge in [0, 0.05) is 50.3 Å². The van der Waals surface area contributed by atoms with Crippen molar-refractivity contribution < 1.29 is 14.3 Å². The molecule has 1 aromatic carbocycles. The number of fused-ring (bicyclic) bond motifs is 3. The molecule has 0 atom stereocenters. The molecule has 10 heteroatoms. The Hall–Kier alpha value is -3.89. The summed E-state index contributed by atoms with van der Waals surface area (Å²) in [6.07, 6.45) is 5.06. The van der Waals surface area contributed by atoms with Gasteiger partial charge in [0.25, 0.3) is 11.8 Å². The summed E-state index contributed by atoms with van der Waals surface area (Å²) in [5.74, 6) is -0.305. The number of nitrogens with zero attached hydrogens (tertiary/aromatic N) is 5. The summed E-state index contributed by atoms with van der Waals surface area (Å²) in [5, 5.41) is 8.35. The van der Waals surface area contributed by atoms with Crippen LogP contribution in [0.1, 0.15) is 21.6 Å². The standard InChI is InChI=1S/C25H24N6O3S/c1-30(2)24(33)15-6-8-17(9-7-15)31-22-18(21(29-31)16-5-4-12-26-13-16)10-11-19-23(22)35-25(27-19)28-20(32)14-34-3/h4-9,12-13H,10-11,14H2,1-3H3,(H,27,28,32). The third-order valence-corrected chi connectivity index (χ3v) is 6.75. The molecule has 0 saturated heterocycles. The van der Waals surface area contributed by atoms with Crippen molar-refractivity contribution in [2.45, 2.75) is 12.8 Å². The summed E-state index contributed by atoms with van der Waals surface area (Å²) < 4.78 is 6.82. The van der Waals surface area contributed by atoms with E-state index in [0.29, 0.717) is 10.7 Å². The van der Waals surface area contributed by atoms with E-state index in [1.165, 1.54) is 18.4 Å². The fourth-order valence-corrected chi connectivity index (χ4v) is 5.22. The SMILES string of the molecule is COCC(=O)Nc1nc2c(s1)-c1c(c(-c3cccnc3)nn1-c1ccc(C(=O)N(C)C)cc1)CC2. The zero-order valence-electron chi connectivity index (χ0n) is 19.6. The van der Waals surface area contributed by atoms with Crippen molar-refractivity contribution in [2.24, 2.45) is 0 Å². The maximum Gasteiger partial charge on any atom is 0.253 e. The van der Waals surface area contributed by atoms with Gasteiger partial charge in [0.05, 0.1) is 27.6 Å². The Kier molecular flexibility index (Phi) is 6.14. The van der Waals surface area contributed by atoms with Gasteiger partial charge in [0.1, 0.15) is 6.61 Å². The van der Waals surface area contributed by atoms with Gasteiger partial charge in [-0.1, -0.05) is 11.3 Å². The van der Waals surface area contributed by atoms with E-state index >= 15 is 0 Å². The largest absolute Gasteiger partial charge is 0.375 e. The summed E-state index contributed by atoms with van der Waals surface area (Å²) in [6.45, 7) is -0.0311. The molecule has 1 aliphatic carbocycles. The molecule has 0 unspecified atom stereocenters. The Bertz CT molecular complexity index is 1390. The van der Waals surface area contributed by atoms with Crippen LogP contribution in [0.15, 0.2) is 48.8 Å². The van der Waals surface area contributed by atoms with Gasteiger partial charge in [-0.3, -0.25) is 19.9 Å². The number of anilines is 1. The number of carbonyl (C=O) groups is 2. The van der Waals surface area contributed by atoms with E-state index in [1.807, 2.05) is 47.3 Å². The quantitative estimate of drug-likeness (QED) is 0.446. The molecule has 1 N–H and O–H groups in total. The Morgan fingerprint density at radius 3 is 2.66 bits per heavy atom. The molecule has 35 heavy (non-hydrogen) atoms. The minimum atomic E-state index is -0.246. The average Bonchev–Trinajstić information content (AvgIpc) is 3.45. The van der Waals surface area contributed by atoms with Gasteiger partial charge in [0.15, 0.2) is 5.13 Å². The number of nitrogens with one attached hydrogen (secondary N) is 1. The Balaban J connectivity index is 1.63. The molecule has 0 radical (unpaired) electrons. The number of aromatic nitrogens is 4. The lowest BCUT2D eigenvalue weighted by Gasteiger charge is -2.15. The molecule has 1 aliphatic rings.